The van der Waals surface area contributed by atoms with Crippen molar-refractivity contribution < 1.29 is 19.7 Å². The van der Waals surface area contributed by atoms with E-state index in [2.05, 4.69) is 5.32 Å². The number of carboxylic acids is 1. The second kappa shape index (κ2) is 8.00. The smallest absolute Gasteiger partial charge is 0.323 e. The van der Waals surface area contributed by atoms with Crippen LogP contribution < -0.4 is 10.1 Å². The van der Waals surface area contributed by atoms with Gasteiger partial charge in [-0.15, -0.1) is 0 Å². The highest BCUT2D eigenvalue weighted by Crippen LogP contribution is 2.23. The number of likely N-dealkylation sites (N-methyl/N-ethyl adjacent to an activating group) is 1. The molecule has 21 heavy (non-hydrogen) atoms. The number of hydrogen-bond acceptors (Lipinski definition) is 4. The zero-order valence-corrected chi connectivity index (χ0v) is 12.9. The van der Waals surface area contributed by atoms with Crippen molar-refractivity contribution in [3.63, 3.8) is 0 Å². The minimum atomic E-state index is -1.01. The van der Waals surface area contributed by atoms with Gasteiger partial charge in [0.25, 0.3) is 0 Å². The Labute approximate surface area is 125 Å². The molecule has 118 valence electrons. The molecule has 2 unspecified atom stereocenters. The van der Waals surface area contributed by atoms with Crippen LogP contribution in [0, 0.1) is 0 Å². The number of hydrogen-bond donors (Lipinski definition) is 3. The molecule has 1 aromatic rings. The Morgan fingerprint density at radius 2 is 2.10 bits per heavy atom. The van der Waals surface area contributed by atoms with Crippen molar-refractivity contribution in [1.82, 2.24) is 5.32 Å². The van der Waals surface area contributed by atoms with Crippen LogP contribution in [0.4, 0.5) is 0 Å². The highest BCUT2D eigenvalue weighted by Gasteiger charge is 2.34. The number of aliphatic hydroxyl groups excluding tert-OH is 1. The van der Waals surface area contributed by atoms with E-state index in [1.165, 1.54) is 0 Å². The van der Waals surface area contributed by atoms with Crippen molar-refractivity contribution >= 4 is 5.97 Å². The second-order valence-electron chi connectivity index (χ2n) is 5.38. The first kappa shape index (κ1) is 17.5. The summed E-state index contributed by atoms with van der Waals surface area (Å²) in [4.78, 5) is 11.4. The highest BCUT2D eigenvalue weighted by atomic mass is 16.5. The van der Waals surface area contributed by atoms with Gasteiger partial charge in [-0.2, -0.15) is 0 Å². The average molecular weight is 295 g/mol. The summed E-state index contributed by atoms with van der Waals surface area (Å²) in [6, 6.07) is 7.50. The van der Waals surface area contributed by atoms with Gasteiger partial charge in [-0.3, -0.25) is 4.79 Å². The van der Waals surface area contributed by atoms with Crippen LogP contribution in [0.25, 0.3) is 0 Å². The normalized spacial score (nSPS) is 15.2. The average Bonchev–Trinajstić information content (AvgIpc) is 2.41. The number of carboxylic acid groups (broad SMARTS) is 1. The topological polar surface area (TPSA) is 78.8 Å². The van der Waals surface area contributed by atoms with Gasteiger partial charge in [-0.05, 0) is 38.4 Å². The third kappa shape index (κ3) is 5.02. The lowest BCUT2D eigenvalue weighted by Crippen LogP contribution is -2.51. The highest BCUT2D eigenvalue weighted by molar-refractivity contribution is 5.78. The summed E-state index contributed by atoms with van der Waals surface area (Å²) in [5.74, 6) is -0.188. The Morgan fingerprint density at radius 3 is 2.67 bits per heavy atom. The minimum Gasteiger partial charge on any atom is -0.490 e. The van der Waals surface area contributed by atoms with Gasteiger partial charge >= 0.3 is 5.97 Å². The number of para-hydroxylation sites is 1. The van der Waals surface area contributed by atoms with Gasteiger partial charge in [0, 0.05) is 13.0 Å². The molecule has 2 atom stereocenters. The van der Waals surface area contributed by atoms with Gasteiger partial charge in [-0.25, -0.2) is 0 Å². The maximum Gasteiger partial charge on any atom is 0.323 e. The number of rotatable bonds is 9. The SMILES string of the molecule is CCNC(C)(CC(C)Oc1ccccc1CCO)C(=O)O. The number of aliphatic hydroxyl groups is 1. The van der Waals surface area contributed by atoms with Crippen molar-refractivity contribution in [2.75, 3.05) is 13.2 Å². The van der Waals surface area contributed by atoms with E-state index in [0.29, 0.717) is 25.1 Å². The van der Waals surface area contributed by atoms with Crippen molar-refractivity contribution in [3.8, 4) is 5.75 Å². The lowest BCUT2D eigenvalue weighted by Gasteiger charge is -2.29. The van der Waals surface area contributed by atoms with E-state index in [9.17, 15) is 9.90 Å². The Bertz CT molecular complexity index is 463. The quantitative estimate of drug-likeness (QED) is 0.648. The summed E-state index contributed by atoms with van der Waals surface area (Å²) in [5.41, 5.74) is -0.0903. The first-order valence-corrected chi connectivity index (χ1v) is 7.26. The fraction of sp³-hybridized carbons (Fsp3) is 0.562. The van der Waals surface area contributed by atoms with Crippen molar-refractivity contribution in [1.29, 1.82) is 0 Å². The standard InChI is InChI=1S/C16H25NO4/c1-4-17-16(3,15(19)20)11-12(2)21-14-8-6-5-7-13(14)9-10-18/h5-8,12,17-18H,4,9-11H2,1-3H3,(H,19,20). The minimum absolute atomic E-state index is 0.0545. The predicted octanol–water partition coefficient (Wildman–Crippen LogP) is 1.83. The van der Waals surface area contributed by atoms with Gasteiger partial charge in [0.05, 0.1) is 6.10 Å². The Morgan fingerprint density at radius 1 is 1.43 bits per heavy atom. The third-order valence-corrected chi connectivity index (χ3v) is 3.42. The van der Waals surface area contributed by atoms with Crippen LogP contribution in [-0.4, -0.2) is 41.0 Å². The van der Waals surface area contributed by atoms with E-state index in [0.717, 1.165) is 5.56 Å². The summed E-state index contributed by atoms with van der Waals surface area (Å²) in [6.45, 7) is 6.03. The molecule has 0 aliphatic rings. The van der Waals surface area contributed by atoms with Gasteiger partial charge < -0.3 is 20.3 Å². The summed E-state index contributed by atoms with van der Waals surface area (Å²) < 4.78 is 5.88. The lowest BCUT2D eigenvalue weighted by molar-refractivity contribution is -0.145. The molecule has 0 heterocycles. The van der Waals surface area contributed by atoms with Crippen LogP contribution in [0.5, 0.6) is 5.75 Å². The Balaban J connectivity index is 2.77. The van der Waals surface area contributed by atoms with Gasteiger partial charge in [0.1, 0.15) is 11.3 Å². The first-order valence-electron chi connectivity index (χ1n) is 7.26. The molecule has 5 nitrogen and oxygen atoms in total. The number of ether oxygens (including phenoxy) is 1. The number of aliphatic carboxylic acids is 1. The van der Waals surface area contributed by atoms with Crippen LogP contribution in [0.2, 0.25) is 0 Å². The van der Waals surface area contributed by atoms with Crippen LogP contribution in [-0.2, 0) is 11.2 Å². The predicted molar refractivity (Wildman–Crippen MR) is 81.7 cm³/mol. The van der Waals surface area contributed by atoms with Crippen LogP contribution in [0.1, 0.15) is 32.8 Å². The molecule has 0 fully saturated rings. The molecule has 0 amide bonds. The van der Waals surface area contributed by atoms with E-state index in [1.54, 1.807) is 6.92 Å². The van der Waals surface area contributed by atoms with Gasteiger partial charge in [0.15, 0.2) is 0 Å². The molecule has 0 aliphatic heterocycles. The summed E-state index contributed by atoms with van der Waals surface area (Å²) >= 11 is 0. The van der Waals surface area contributed by atoms with E-state index in [1.807, 2.05) is 38.1 Å². The van der Waals surface area contributed by atoms with Crippen LogP contribution in [0.3, 0.4) is 0 Å². The summed E-state index contributed by atoms with van der Waals surface area (Å²) in [7, 11) is 0. The first-order chi connectivity index (χ1) is 9.92. The lowest BCUT2D eigenvalue weighted by atomic mass is 9.94. The Hall–Kier alpha value is -1.59. The number of benzene rings is 1. The molecule has 0 saturated heterocycles. The Kier molecular flexibility index (Phi) is 6.65. The van der Waals surface area contributed by atoms with Crippen LogP contribution in [0.15, 0.2) is 24.3 Å². The van der Waals surface area contributed by atoms with E-state index in [4.69, 9.17) is 9.84 Å². The van der Waals surface area contributed by atoms with Gasteiger partial charge in [0.2, 0.25) is 0 Å². The molecule has 0 spiro atoms. The second-order valence-corrected chi connectivity index (χ2v) is 5.38. The molecule has 1 rings (SSSR count). The van der Waals surface area contributed by atoms with Gasteiger partial charge in [-0.1, -0.05) is 25.1 Å². The molecule has 0 aliphatic carbocycles. The zero-order valence-electron chi connectivity index (χ0n) is 12.9. The maximum atomic E-state index is 11.4. The number of carbonyl (C=O) groups is 1. The van der Waals surface area contributed by atoms with Crippen molar-refractivity contribution in [2.45, 2.75) is 45.3 Å². The largest absolute Gasteiger partial charge is 0.490 e. The van der Waals surface area contributed by atoms with E-state index >= 15 is 0 Å². The molecule has 0 bridgehead atoms. The van der Waals surface area contributed by atoms with E-state index in [-0.39, 0.29) is 12.7 Å². The summed E-state index contributed by atoms with van der Waals surface area (Å²) in [6.07, 6.45) is 0.612. The molecule has 1 aromatic carbocycles. The van der Waals surface area contributed by atoms with Crippen molar-refractivity contribution in [2.24, 2.45) is 0 Å². The van der Waals surface area contributed by atoms with Crippen molar-refractivity contribution in [3.05, 3.63) is 29.8 Å². The molecular formula is C16H25NO4. The maximum absolute atomic E-state index is 11.4. The molecule has 0 radical (unpaired) electrons. The molecule has 3 N–H and O–H groups in total. The molecule has 0 aromatic heterocycles. The van der Waals surface area contributed by atoms with E-state index < -0.39 is 11.5 Å². The molecule has 5 heteroatoms. The summed E-state index contributed by atoms with van der Waals surface area (Å²) in [5, 5.41) is 21.4. The molecular weight excluding hydrogens is 270 g/mol. The zero-order chi connectivity index (χ0) is 15.9. The monoisotopic (exact) mass is 295 g/mol. The van der Waals surface area contributed by atoms with Crippen LogP contribution >= 0.6 is 0 Å². The fourth-order valence-corrected chi connectivity index (χ4v) is 2.40. The third-order valence-electron chi connectivity index (χ3n) is 3.42. The number of nitrogens with one attached hydrogen (secondary N) is 1. The molecule has 0 saturated carbocycles. The fourth-order valence-electron chi connectivity index (χ4n) is 2.40.